The molecule has 2 rings (SSSR count). The molecule has 0 aromatic carbocycles. The lowest BCUT2D eigenvalue weighted by Gasteiger charge is -2.30. The van der Waals surface area contributed by atoms with Gasteiger partial charge in [0, 0.05) is 12.2 Å². The minimum Gasteiger partial charge on any atom is -0.478 e. The van der Waals surface area contributed by atoms with Gasteiger partial charge in [0.2, 0.25) is 0 Å². The van der Waals surface area contributed by atoms with Gasteiger partial charge in [-0.1, -0.05) is 26.2 Å². The minimum atomic E-state index is -0.925. The van der Waals surface area contributed by atoms with Crippen LogP contribution in [-0.2, 0) is 6.42 Å². The van der Waals surface area contributed by atoms with Crippen molar-refractivity contribution in [2.45, 2.75) is 51.5 Å². The number of aliphatic hydroxyl groups excluding tert-OH is 1. The fraction of sp³-hybridized carbons (Fsp3) is 0.625. The van der Waals surface area contributed by atoms with E-state index in [0.717, 1.165) is 50.8 Å². The summed E-state index contributed by atoms with van der Waals surface area (Å²) in [6, 6.07) is 3.33. The molecule has 0 bridgehead atoms. The average Bonchev–Trinajstić information content (AvgIpc) is 2.72. The zero-order chi connectivity index (χ0) is 15.2. The van der Waals surface area contributed by atoms with E-state index >= 15 is 0 Å². The van der Waals surface area contributed by atoms with Crippen LogP contribution < -0.4 is 4.90 Å². The molecule has 1 aromatic heterocycles. The predicted molar refractivity (Wildman–Crippen MR) is 81.9 cm³/mol. The number of anilines is 1. The van der Waals surface area contributed by atoms with Crippen LogP contribution in [0.1, 0.15) is 55.1 Å². The van der Waals surface area contributed by atoms with Gasteiger partial charge in [0.15, 0.2) is 0 Å². The second-order valence-electron chi connectivity index (χ2n) is 5.64. The van der Waals surface area contributed by atoms with Crippen molar-refractivity contribution in [3.8, 4) is 0 Å². The summed E-state index contributed by atoms with van der Waals surface area (Å²) in [4.78, 5) is 18.0. The molecule has 1 atom stereocenters. The molecule has 0 spiro atoms. The minimum absolute atomic E-state index is 0.0403. The number of rotatable bonds is 5. The van der Waals surface area contributed by atoms with Crippen molar-refractivity contribution in [2.24, 2.45) is 0 Å². The van der Waals surface area contributed by atoms with Gasteiger partial charge in [-0.2, -0.15) is 0 Å². The Bertz CT molecular complexity index is 490. The third-order valence-corrected chi connectivity index (χ3v) is 4.00. The van der Waals surface area contributed by atoms with Gasteiger partial charge in [0.25, 0.3) is 0 Å². The number of carboxylic acid groups (broad SMARTS) is 1. The number of aromatic nitrogens is 1. The van der Waals surface area contributed by atoms with E-state index in [2.05, 4.69) is 16.8 Å². The molecule has 1 saturated heterocycles. The molecule has 5 heteroatoms. The number of nitrogens with zero attached hydrogens (tertiary/aromatic N) is 2. The molecule has 1 aliphatic rings. The van der Waals surface area contributed by atoms with Crippen molar-refractivity contribution in [1.29, 1.82) is 0 Å². The highest BCUT2D eigenvalue weighted by atomic mass is 16.4. The number of hydrogen-bond donors (Lipinski definition) is 2. The highest BCUT2D eigenvalue weighted by molar-refractivity contribution is 5.88. The number of carboxylic acids is 1. The van der Waals surface area contributed by atoms with E-state index in [1.54, 1.807) is 12.1 Å². The largest absolute Gasteiger partial charge is 0.478 e. The van der Waals surface area contributed by atoms with Gasteiger partial charge in [-0.3, -0.25) is 0 Å². The molecular formula is C16H24N2O3. The van der Waals surface area contributed by atoms with Gasteiger partial charge >= 0.3 is 5.97 Å². The number of hydrogen-bond acceptors (Lipinski definition) is 4. The molecule has 1 aliphatic heterocycles. The maximum Gasteiger partial charge on any atom is 0.335 e. The quantitative estimate of drug-likeness (QED) is 0.872. The van der Waals surface area contributed by atoms with E-state index in [1.165, 1.54) is 0 Å². The molecule has 1 fully saturated rings. The van der Waals surface area contributed by atoms with E-state index in [1.807, 2.05) is 0 Å². The molecular weight excluding hydrogens is 268 g/mol. The van der Waals surface area contributed by atoms with Gasteiger partial charge in [-0.25, -0.2) is 9.78 Å². The molecule has 116 valence electrons. The molecule has 0 saturated carbocycles. The highest BCUT2D eigenvalue weighted by Gasteiger charge is 2.23. The van der Waals surface area contributed by atoms with Crippen LogP contribution in [0.15, 0.2) is 12.1 Å². The van der Waals surface area contributed by atoms with Crippen molar-refractivity contribution in [2.75, 3.05) is 18.1 Å². The fourth-order valence-electron chi connectivity index (χ4n) is 2.90. The second kappa shape index (κ2) is 7.41. The Morgan fingerprint density at radius 1 is 1.38 bits per heavy atom. The summed E-state index contributed by atoms with van der Waals surface area (Å²) in [5.41, 5.74) is 1.10. The van der Waals surface area contributed by atoms with Crippen molar-refractivity contribution in [3.63, 3.8) is 0 Å². The number of aliphatic hydroxyl groups is 1. The number of aryl methyl sites for hydroxylation is 1. The number of pyridine rings is 1. The maximum absolute atomic E-state index is 11.3. The Balaban J connectivity index is 2.37. The molecule has 5 nitrogen and oxygen atoms in total. The first kappa shape index (κ1) is 15.8. The third kappa shape index (κ3) is 3.94. The van der Waals surface area contributed by atoms with E-state index in [9.17, 15) is 15.0 Å². The topological polar surface area (TPSA) is 73.7 Å². The van der Waals surface area contributed by atoms with Crippen LogP contribution in [0.25, 0.3) is 0 Å². The summed E-state index contributed by atoms with van der Waals surface area (Å²) >= 11 is 0. The summed E-state index contributed by atoms with van der Waals surface area (Å²) in [5, 5.41) is 18.9. The van der Waals surface area contributed by atoms with Crippen molar-refractivity contribution in [3.05, 3.63) is 23.4 Å². The lowest BCUT2D eigenvalue weighted by Crippen LogP contribution is -2.38. The Hall–Kier alpha value is -1.62. The van der Waals surface area contributed by atoms with Crippen LogP contribution in [0.2, 0.25) is 0 Å². The summed E-state index contributed by atoms with van der Waals surface area (Å²) in [5.74, 6) is -0.231. The summed E-state index contributed by atoms with van der Waals surface area (Å²) in [7, 11) is 0. The lowest BCUT2D eigenvalue weighted by molar-refractivity contribution is 0.0696. The monoisotopic (exact) mass is 292 g/mol. The van der Waals surface area contributed by atoms with Crippen LogP contribution in [0.3, 0.4) is 0 Å². The van der Waals surface area contributed by atoms with Crippen molar-refractivity contribution in [1.82, 2.24) is 4.98 Å². The van der Waals surface area contributed by atoms with Gasteiger partial charge in [0.1, 0.15) is 5.82 Å². The van der Waals surface area contributed by atoms with Crippen LogP contribution >= 0.6 is 0 Å². The maximum atomic E-state index is 11.3. The number of carbonyl (C=O) groups is 1. The molecule has 0 aliphatic carbocycles. The molecule has 1 unspecified atom stereocenters. The van der Waals surface area contributed by atoms with Crippen LogP contribution in [0.5, 0.6) is 0 Å². The molecule has 1 aromatic rings. The van der Waals surface area contributed by atoms with Gasteiger partial charge in [0.05, 0.1) is 18.2 Å². The van der Waals surface area contributed by atoms with Crippen LogP contribution in [-0.4, -0.2) is 40.4 Å². The Kier molecular flexibility index (Phi) is 5.56. The standard InChI is InChI=1S/C16H24N2O3/c1-2-6-13-9-12(16(20)21)10-15(17-13)18-8-5-3-4-7-14(18)11-19/h9-10,14,19H,2-8,11H2,1H3,(H,20,21). The highest BCUT2D eigenvalue weighted by Crippen LogP contribution is 2.24. The Morgan fingerprint density at radius 2 is 2.19 bits per heavy atom. The lowest BCUT2D eigenvalue weighted by atomic mass is 10.1. The summed E-state index contributed by atoms with van der Waals surface area (Å²) in [6.45, 7) is 2.96. The van der Waals surface area contributed by atoms with Gasteiger partial charge in [-0.05, 0) is 31.4 Å². The smallest absolute Gasteiger partial charge is 0.335 e. The van der Waals surface area contributed by atoms with Crippen molar-refractivity contribution < 1.29 is 15.0 Å². The van der Waals surface area contributed by atoms with E-state index < -0.39 is 5.97 Å². The second-order valence-corrected chi connectivity index (χ2v) is 5.64. The van der Waals surface area contributed by atoms with E-state index in [0.29, 0.717) is 5.82 Å². The van der Waals surface area contributed by atoms with Crippen LogP contribution in [0, 0.1) is 0 Å². The first-order chi connectivity index (χ1) is 10.2. The molecule has 0 amide bonds. The average molecular weight is 292 g/mol. The first-order valence-electron chi connectivity index (χ1n) is 7.77. The SMILES string of the molecule is CCCc1cc(C(=O)O)cc(N2CCCCCC2CO)n1. The number of aromatic carboxylic acids is 1. The first-order valence-corrected chi connectivity index (χ1v) is 7.77. The molecule has 2 N–H and O–H groups in total. The zero-order valence-electron chi connectivity index (χ0n) is 12.6. The predicted octanol–water partition coefficient (Wildman–Crippen LogP) is 2.47. The molecule has 21 heavy (non-hydrogen) atoms. The molecule has 2 heterocycles. The summed E-state index contributed by atoms with van der Waals surface area (Å²) < 4.78 is 0. The zero-order valence-corrected chi connectivity index (χ0v) is 12.6. The van der Waals surface area contributed by atoms with Gasteiger partial charge in [-0.15, -0.1) is 0 Å². The summed E-state index contributed by atoms with van der Waals surface area (Å²) in [6.07, 6.45) is 5.93. The molecule has 0 radical (unpaired) electrons. The van der Waals surface area contributed by atoms with Crippen LogP contribution in [0.4, 0.5) is 5.82 Å². The van der Waals surface area contributed by atoms with Crippen molar-refractivity contribution >= 4 is 11.8 Å². The Labute approximate surface area is 125 Å². The third-order valence-electron chi connectivity index (χ3n) is 4.00. The normalized spacial score (nSPS) is 19.3. The van der Waals surface area contributed by atoms with Gasteiger partial charge < -0.3 is 15.1 Å². The van der Waals surface area contributed by atoms with E-state index in [4.69, 9.17) is 0 Å². The van der Waals surface area contributed by atoms with E-state index in [-0.39, 0.29) is 18.2 Å². The Morgan fingerprint density at radius 3 is 2.86 bits per heavy atom. The fourth-order valence-corrected chi connectivity index (χ4v) is 2.90.